The van der Waals surface area contributed by atoms with Crippen LogP contribution in [0.3, 0.4) is 0 Å². The van der Waals surface area contributed by atoms with E-state index in [2.05, 4.69) is 29.3 Å². The van der Waals surface area contributed by atoms with Crippen molar-refractivity contribution in [1.82, 2.24) is 9.80 Å². The molecule has 5 heteroatoms. The molecule has 0 N–H and O–H groups in total. The van der Waals surface area contributed by atoms with Gasteiger partial charge < -0.3 is 9.64 Å². The van der Waals surface area contributed by atoms with Gasteiger partial charge in [0.2, 0.25) is 0 Å². The fourth-order valence-electron chi connectivity index (χ4n) is 3.01. The van der Waals surface area contributed by atoms with Gasteiger partial charge in [0.1, 0.15) is 5.75 Å². The summed E-state index contributed by atoms with van der Waals surface area (Å²) in [6, 6.07) is 12.1. The maximum Gasteiger partial charge on any atom is 0.257 e. The molecule has 0 bridgehead atoms. The molecule has 1 aromatic heterocycles. The molecular formula is C18H22N2O2S. The summed E-state index contributed by atoms with van der Waals surface area (Å²) in [5, 5.41) is 2.12. The summed E-state index contributed by atoms with van der Waals surface area (Å²) < 4.78 is 5.31. The number of nitrogens with zero attached hydrogens (tertiary/aromatic N) is 2. The van der Waals surface area contributed by atoms with Crippen LogP contribution in [-0.4, -0.2) is 49.0 Å². The van der Waals surface area contributed by atoms with Crippen molar-refractivity contribution in [2.75, 3.05) is 33.3 Å². The van der Waals surface area contributed by atoms with Gasteiger partial charge in [-0.15, -0.1) is 11.3 Å². The van der Waals surface area contributed by atoms with Gasteiger partial charge in [0.15, 0.2) is 0 Å². The maximum atomic E-state index is 12.7. The highest BCUT2D eigenvalue weighted by Crippen LogP contribution is 2.26. The zero-order valence-corrected chi connectivity index (χ0v) is 14.4. The molecule has 0 radical (unpaired) electrons. The number of amides is 1. The minimum absolute atomic E-state index is 0.0610. The van der Waals surface area contributed by atoms with E-state index in [9.17, 15) is 4.79 Å². The second-order valence-electron chi connectivity index (χ2n) is 5.72. The summed E-state index contributed by atoms with van der Waals surface area (Å²) in [5.74, 6) is 0.706. The van der Waals surface area contributed by atoms with Crippen LogP contribution in [0.5, 0.6) is 5.75 Å². The first-order chi connectivity index (χ1) is 11.2. The van der Waals surface area contributed by atoms with Crippen LogP contribution in [0.15, 0.2) is 41.8 Å². The third-order valence-corrected chi connectivity index (χ3v) is 5.48. The summed E-state index contributed by atoms with van der Waals surface area (Å²) >= 11 is 1.79. The summed E-state index contributed by atoms with van der Waals surface area (Å²) in [5.41, 5.74) is 0.648. The highest BCUT2D eigenvalue weighted by Gasteiger charge is 2.26. The number of hydrogen-bond donors (Lipinski definition) is 0. The van der Waals surface area contributed by atoms with Crippen molar-refractivity contribution < 1.29 is 9.53 Å². The first-order valence-electron chi connectivity index (χ1n) is 7.90. The predicted octanol–water partition coefficient (Wildman–Crippen LogP) is 3.28. The van der Waals surface area contributed by atoms with Crippen molar-refractivity contribution in [3.8, 4) is 5.75 Å². The first-order valence-corrected chi connectivity index (χ1v) is 8.78. The molecule has 2 heterocycles. The second-order valence-corrected chi connectivity index (χ2v) is 6.70. The average Bonchev–Trinajstić information content (AvgIpc) is 3.15. The largest absolute Gasteiger partial charge is 0.496 e. The lowest BCUT2D eigenvalue weighted by Gasteiger charge is -2.37. The number of benzene rings is 1. The Morgan fingerprint density at radius 2 is 1.87 bits per heavy atom. The van der Waals surface area contributed by atoms with Gasteiger partial charge in [-0.1, -0.05) is 18.2 Å². The smallest absolute Gasteiger partial charge is 0.257 e. The average molecular weight is 330 g/mol. The van der Waals surface area contributed by atoms with E-state index in [1.165, 1.54) is 4.88 Å². The van der Waals surface area contributed by atoms with Crippen LogP contribution in [0, 0.1) is 0 Å². The minimum Gasteiger partial charge on any atom is -0.496 e. The Kier molecular flexibility index (Phi) is 4.98. The van der Waals surface area contributed by atoms with E-state index in [1.807, 2.05) is 29.2 Å². The lowest BCUT2D eigenvalue weighted by molar-refractivity contribution is 0.0581. The van der Waals surface area contributed by atoms with E-state index >= 15 is 0 Å². The molecule has 1 aromatic carbocycles. The van der Waals surface area contributed by atoms with Crippen molar-refractivity contribution in [3.63, 3.8) is 0 Å². The Balaban J connectivity index is 1.63. The van der Waals surface area contributed by atoms with E-state index in [-0.39, 0.29) is 5.91 Å². The first kappa shape index (κ1) is 16.0. The molecule has 0 aliphatic carbocycles. The maximum absolute atomic E-state index is 12.7. The third kappa shape index (κ3) is 3.41. The molecule has 122 valence electrons. The molecular weight excluding hydrogens is 308 g/mol. The Labute approximate surface area is 141 Å². The lowest BCUT2D eigenvalue weighted by atomic mass is 10.1. The zero-order chi connectivity index (χ0) is 16.2. The SMILES string of the molecule is COc1ccccc1C(=O)N1CCN(C(C)c2cccs2)CC1. The van der Waals surface area contributed by atoms with Crippen molar-refractivity contribution >= 4 is 17.2 Å². The monoisotopic (exact) mass is 330 g/mol. The van der Waals surface area contributed by atoms with E-state index in [4.69, 9.17) is 4.74 Å². The molecule has 4 nitrogen and oxygen atoms in total. The molecule has 1 saturated heterocycles. The van der Waals surface area contributed by atoms with Crippen LogP contribution < -0.4 is 4.74 Å². The van der Waals surface area contributed by atoms with Gasteiger partial charge in [-0.25, -0.2) is 0 Å². The Bertz CT molecular complexity index is 649. The Morgan fingerprint density at radius 3 is 2.52 bits per heavy atom. The second kappa shape index (κ2) is 7.15. The Hall–Kier alpha value is -1.85. The number of thiophene rings is 1. The Morgan fingerprint density at radius 1 is 1.13 bits per heavy atom. The molecule has 23 heavy (non-hydrogen) atoms. The van der Waals surface area contributed by atoms with Gasteiger partial charge in [-0.2, -0.15) is 0 Å². The number of hydrogen-bond acceptors (Lipinski definition) is 4. The molecule has 1 unspecified atom stereocenters. The van der Waals surface area contributed by atoms with Gasteiger partial charge in [0, 0.05) is 37.1 Å². The lowest BCUT2D eigenvalue weighted by Crippen LogP contribution is -2.49. The fraction of sp³-hybridized carbons (Fsp3) is 0.389. The third-order valence-electron chi connectivity index (χ3n) is 4.44. The summed E-state index contributed by atoms with van der Waals surface area (Å²) in [7, 11) is 1.60. The number of methoxy groups -OCH3 is 1. The van der Waals surface area contributed by atoms with E-state index in [0.29, 0.717) is 17.4 Å². The van der Waals surface area contributed by atoms with Gasteiger partial charge in [-0.05, 0) is 30.5 Å². The number of rotatable bonds is 4. The van der Waals surface area contributed by atoms with Gasteiger partial charge >= 0.3 is 0 Å². The van der Waals surface area contributed by atoms with Crippen LogP contribution >= 0.6 is 11.3 Å². The molecule has 1 fully saturated rings. The van der Waals surface area contributed by atoms with Gasteiger partial charge in [-0.3, -0.25) is 9.69 Å². The molecule has 1 aliphatic heterocycles. The van der Waals surface area contributed by atoms with Crippen molar-refractivity contribution in [2.24, 2.45) is 0 Å². The standard InChI is InChI=1S/C18H22N2O2S/c1-14(17-8-5-13-23-17)19-9-11-20(12-10-19)18(21)15-6-3-4-7-16(15)22-2/h3-8,13-14H,9-12H2,1-2H3. The summed E-state index contributed by atoms with van der Waals surface area (Å²) in [4.78, 5) is 18.5. The minimum atomic E-state index is 0.0610. The van der Waals surface area contributed by atoms with Crippen LogP contribution in [0.1, 0.15) is 28.2 Å². The number of ether oxygens (including phenoxy) is 1. The summed E-state index contributed by atoms with van der Waals surface area (Å²) in [6.45, 7) is 5.56. The molecule has 0 spiro atoms. The predicted molar refractivity (Wildman–Crippen MR) is 93.2 cm³/mol. The molecule has 0 saturated carbocycles. The highest BCUT2D eigenvalue weighted by atomic mass is 32.1. The van der Waals surface area contributed by atoms with Crippen molar-refractivity contribution in [2.45, 2.75) is 13.0 Å². The normalized spacial score (nSPS) is 17.0. The number of carbonyl (C=O) groups is 1. The molecule has 1 atom stereocenters. The number of para-hydroxylation sites is 1. The summed E-state index contributed by atoms with van der Waals surface area (Å²) in [6.07, 6.45) is 0. The highest BCUT2D eigenvalue weighted by molar-refractivity contribution is 7.10. The topological polar surface area (TPSA) is 32.8 Å². The molecule has 2 aromatic rings. The number of piperazine rings is 1. The van der Waals surface area contributed by atoms with Crippen molar-refractivity contribution in [3.05, 3.63) is 52.2 Å². The van der Waals surface area contributed by atoms with E-state index in [0.717, 1.165) is 26.2 Å². The van der Waals surface area contributed by atoms with Crippen LogP contribution in [-0.2, 0) is 0 Å². The van der Waals surface area contributed by atoms with Crippen LogP contribution in [0.4, 0.5) is 0 Å². The van der Waals surface area contributed by atoms with Crippen molar-refractivity contribution in [1.29, 1.82) is 0 Å². The van der Waals surface area contributed by atoms with E-state index in [1.54, 1.807) is 18.4 Å². The number of carbonyl (C=O) groups excluding carboxylic acids is 1. The molecule has 1 amide bonds. The zero-order valence-electron chi connectivity index (χ0n) is 13.6. The van der Waals surface area contributed by atoms with E-state index < -0.39 is 0 Å². The fourth-order valence-corrected chi connectivity index (χ4v) is 3.83. The van der Waals surface area contributed by atoms with Crippen LogP contribution in [0.25, 0.3) is 0 Å². The molecule has 3 rings (SSSR count). The molecule has 1 aliphatic rings. The quantitative estimate of drug-likeness (QED) is 0.862. The van der Waals surface area contributed by atoms with Crippen LogP contribution in [0.2, 0.25) is 0 Å². The van der Waals surface area contributed by atoms with Gasteiger partial charge in [0.25, 0.3) is 5.91 Å². The van der Waals surface area contributed by atoms with Gasteiger partial charge in [0.05, 0.1) is 12.7 Å².